The van der Waals surface area contributed by atoms with Gasteiger partial charge in [-0.2, -0.15) is 0 Å². The van der Waals surface area contributed by atoms with Crippen molar-refractivity contribution in [3.05, 3.63) is 29.8 Å². The maximum atomic E-state index is 12.9. The van der Waals surface area contributed by atoms with E-state index in [1.54, 1.807) is 12.1 Å². The van der Waals surface area contributed by atoms with Crippen LogP contribution in [0.1, 0.15) is 37.7 Å². The lowest BCUT2D eigenvalue weighted by molar-refractivity contribution is -0.113. The molecule has 0 spiro atoms. The molecular weight excluding hydrogens is 260 g/mol. The fourth-order valence-corrected chi connectivity index (χ4v) is 6.11. The van der Waals surface area contributed by atoms with Crippen molar-refractivity contribution < 1.29 is 13.2 Å². The van der Waals surface area contributed by atoms with E-state index in [1.165, 1.54) is 0 Å². The summed E-state index contributed by atoms with van der Waals surface area (Å²) >= 11 is 0. The smallest absolute Gasteiger partial charge is 0.185 e. The molecule has 2 fully saturated rings. The highest BCUT2D eigenvalue weighted by molar-refractivity contribution is 7.93. The van der Waals surface area contributed by atoms with Gasteiger partial charge >= 0.3 is 0 Å². The molecule has 0 aromatic heterocycles. The Bertz CT molecular complexity index is 617. The number of hydrogen-bond donors (Lipinski definition) is 0. The molecule has 0 saturated heterocycles. The van der Waals surface area contributed by atoms with E-state index in [2.05, 4.69) is 0 Å². The average Bonchev–Trinajstić information content (AvgIpc) is 3.11. The molecule has 3 nitrogen and oxygen atoms in total. The minimum absolute atomic E-state index is 0.365. The van der Waals surface area contributed by atoms with Gasteiger partial charge in [-0.25, -0.2) is 8.42 Å². The van der Waals surface area contributed by atoms with E-state index in [9.17, 15) is 13.2 Å². The van der Waals surface area contributed by atoms with Crippen molar-refractivity contribution in [2.24, 2.45) is 5.41 Å². The molecule has 2 aliphatic rings. The molecule has 1 aromatic carbocycles. The highest BCUT2D eigenvalue weighted by Crippen LogP contribution is 2.68. The number of benzene rings is 1. The predicted octanol–water partition coefficient (Wildman–Crippen LogP) is 2.67. The van der Waals surface area contributed by atoms with Crippen LogP contribution < -0.4 is 0 Å². The van der Waals surface area contributed by atoms with E-state index < -0.39 is 20.0 Å². The predicted molar refractivity (Wildman–Crippen MR) is 72.7 cm³/mol. The van der Waals surface area contributed by atoms with Gasteiger partial charge in [0.1, 0.15) is 6.29 Å². The number of fused-ring (bicyclic) bond motifs is 1. The van der Waals surface area contributed by atoms with Gasteiger partial charge in [0.05, 0.1) is 9.64 Å². The van der Waals surface area contributed by atoms with Gasteiger partial charge in [-0.3, -0.25) is 0 Å². The third-order valence-corrected chi connectivity index (χ3v) is 7.58. The zero-order valence-electron chi connectivity index (χ0n) is 11.1. The number of sulfone groups is 1. The summed E-state index contributed by atoms with van der Waals surface area (Å²) in [7, 11) is -3.41. The van der Waals surface area contributed by atoms with Crippen LogP contribution in [0.4, 0.5) is 0 Å². The van der Waals surface area contributed by atoms with Crippen LogP contribution in [-0.2, 0) is 14.6 Å². The van der Waals surface area contributed by atoms with E-state index in [0.717, 1.165) is 31.1 Å². The number of rotatable bonds is 3. The number of hydrogen-bond acceptors (Lipinski definition) is 3. The Morgan fingerprint density at radius 2 is 1.74 bits per heavy atom. The molecule has 2 aliphatic carbocycles. The van der Waals surface area contributed by atoms with Gasteiger partial charge in [0.15, 0.2) is 9.84 Å². The fourth-order valence-electron chi connectivity index (χ4n) is 3.62. The van der Waals surface area contributed by atoms with Gasteiger partial charge < -0.3 is 4.79 Å². The number of aryl methyl sites for hydroxylation is 1. The van der Waals surface area contributed by atoms with Gasteiger partial charge in [0, 0.05) is 5.41 Å². The Balaban J connectivity index is 2.06. The molecule has 102 valence electrons. The van der Waals surface area contributed by atoms with Gasteiger partial charge in [-0.1, -0.05) is 30.5 Å². The lowest BCUT2D eigenvalue weighted by atomic mass is 9.89. The Morgan fingerprint density at radius 3 is 2.37 bits per heavy atom. The first kappa shape index (κ1) is 12.9. The van der Waals surface area contributed by atoms with E-state index in [4.69, 9.17) is 0 Å². The van der Waals surface area contributed by atoms with Crippen molar-refractivity contribution in [1.29, 1.82) is 0 Å². The molecule has 2 atom stereocenters. The summed E-state index contributed by atoms with van der Waals surface area (Å²) in [5, 5.41) is 0. The summed E-state index contributed by atoms with van der Waals surface area (Å²) in [6, 6.07) is 6.97. The van der Waals surface area contributed by atoms with Gasteiger partial charge in [-0.05, 0) is 38.3 Å². The zero-order chi connectivity index (χ0) is 13.7. The van der Waals surface area contributed by atoms with Crippen LogP contribution >= 0.6 is 0 Å². The molecule has 2 saturated carbocycles. The summed E-state index contributed by atoms with van der Waals surface area (Å²) in [6.07, 6.45) is 4.63. The Hall–Kier alpha value is -1.16. The summed E-state index contributed by atoms with van der Waals surface area (Å²) < 4.78 is 24.9. The lowest BCUT2D eigenvalue weighted by Gasteiger charge is -2.26. The second-order valence-electron chi connectivity index (χ2n) is 5.97. The van der Waals surface area contributed by atoms with Crippen molar-refractivity contribution in [1.82, 2.24) is 0 Å². The first-order chi connectivity index (χ1) is 8.97. The quantitative estimate of drug-likeness (QED) is 0.799. The van der Waals surface area contributed by atoms with Crippen LogP contribution in [0.25, 0.3) is 0 Å². The summed E-state index contributed by atoms with van der Waals surface area (Å²) in [5.74, 6) is 0. The largest absolute Gasteiger partial charge is 0.303 e. The summed E-state index contributed by atoms with van der Waals surface area (Å²) in [6.45, 7) is 1.93. The van der Waals surface area contributed by atoms with Crippen LogP contribution in [0, 0.1) is 12.3 Å². The van der Waals surface area contributed by atoms with E-state index in [-0.39, 0.29) is 0 Å². The van der Waals surface area contributed by atoms with E-state index >= 15 is 0 Å². The minimum Gasteiger partial charge on any atom is -0.303 e. The van der Waals surface area contributed by atoms with E-state index in [1.807, 2.05) is 19.1 Å². The molecule has 0 aliphatic heterocycles. The van der Waals surface area contributed by atoms with Crippen LogP contribution in [0.3, 0.4) is 0 Å². The summed E-state index contributed by atoms with van der Waals surface area (Å²) in [4.78, 5) is 11.8. The maximum absolute atomic E-state index is 12.9. The fraction of sp³-hybridized carbons (Fsp3) is 0.533. The average molecular weight is 278 g/mol. The number of aldehydes is 1. The van der Waals surface area contributed by atoms with Crippen molar-refractivity contribution in [2.75, 3.05) is 0 Å². The third kappa shape index (κ3) is 1.55. The maximum Gasteiger partial charge on any atom is 0.185 e. The molecule has 0 heterocycles. The molecule has 1 aromatic rings. The van der Waals surface area contributed by atoms with Crippen molar-refractivity contribution in [3.63, 3.8) is 0 Å². The van der Waals surface area contributed by atoms with Crippen molar-refractivity contribution >= 4 is 16.1 Å². The second-order valence-corrected chi connectivity index (χ2v) is 8.23. The first-order valence-electron chi connectivity index (χ1n) is 6.75. The van der Waals surface area contributed by atoms with Gasteiger partial charge in [0.25, 0.3) is 0 Å². The Morgan fingerprint density at radius 1 is 1.11 bits per heavy atom. The van der Waals surface area contributed by atoms with Crippen molar-refractivity contribution in [2.45, 2.75) is 48.7 Å². The first-order valence-corrected chi connectivity index (χ1v) is 8.23. The topological polar surface area (TPSA) is 51.2 Å². The molecule has 0 unspecified atom stereocenters. The molecule has 4 heteroatoms. The van der Waals surface area contributed by atoms with Gasteiger partial charge in [-0.15, -0.1) is 0 Å². The van der Waals surface area contributed by atoms with Crippen LogP contribution in [0.2, 0.25) is 0 Å². The van der Waals surface area contributed by atoms with Crippen LogP contribution in [-0.4, -0.2) is 19.5 Å². The summed E-state index contributed by atoms with van der Waals surface area (Å²) in [5.41, 5.74) is 0.437. The third-order valence-electron chi connectivity index (χ3n) is 4.91. The molecular formula is C15H18O3S. The van der Waals surface area contributed by atoms with Gasteiger partial charge in [0.2, 0.25) is 0 Å². The molecule has 0 radical (unpaired) electrons. The zero-order valence-corrected chi connectivity index (χ0v) is 11.9. The molecule has 19 heavy (non-hydrogen) atoms. The Kier molecular flexibility index (Phi) is 2.65. The van der Waals surface area contributed by atoms with Crippen molar-refractivity contribution in [3.8, 4) is 0 Å². The monoisotopic (exact) mass is 278 g/mol. The normalized spacial score (nSPS) is 33.5. The number of carbonyl (C=O) groups excluding carboxylic acids is 1. The van der Waals surface area contributed by atoms with E-state index in [0.29, 0.717) is 17.7 Å². The Labute approximate surface area is 113 Å². The molecule has 0 bridgehead atoms. The lowest BCUT2D eigenvalue weighted by Crippen LogP contribution is -2.34. The second kappa shape index (κ2) is 3.92. The molecule has 0 amide bonds. The standard InChI is InChI=1S/C15H18O3S/c1-12-4-6-13(7-5-12)19(17,18)15-9-3-2-8-14(15,10-15)11-16/h4-7,11H,2-3,8-10H2,1H3/t14-,15-/m1/s1. The SMILES string of the molecule is Cc1ccc(S(=O)(=O)[C@@]23CCCC[C@]2(C=O)C3)cc1. The highest BCUT2D eigenvalue weighted by atomic mass is 32.2. The van der Waals surface area contributed by atoms with Crippen LogP contribution in [0.15, 0.2) is 29.2 Å². The highest BCUT2D eigenvalue weighted by Gasteiger charge is 2.75. The van der Waals surface area contributed by atoms with Crippen LogP contribution in [0.5, 0.6) is 0 Å². The number of carbonyl (C=O) groups is 1. The molecule has 0 N–H and O–H groups in total. The molecule has 3 rings (SSSR count). The minimum atomic E-state index is -3.41.